The van der Waals surface area contributed by atoms with Gasteiger partial charge in [0.25, 0.3) is 0 Å². The van der Waals surface area contributed by atoms with E-state index >= 15 is 0 Å². The molecule has 5 rings (SSSR count). The Morgan fingerprint density at radius 3 is 2.31 bits per heavy atom. The first kappa shape index (κ1) is 23.0. The van der Waals surface area contributed by atoms with E-state index < -0.39 is 17.7 Å². The molecule has 1 aliphatic carbocycles. The molecule has 0 saturated heterocycles. The lowest BCUT2D eigenvalue weighted by molar-refractivity contribution is -0.120. The number of carboxylic acids is 1. The van der Waals surface area contributed by atoms with Gasteiger partial charge in [0.2, 0.25) is 5.91 Å². The summed E-state index contributed by atoms with van der Waals surface area (Å²) in [6, 6.07) is 19.9. The summed E-state index contributed by atoms with van der Waals surface area (Å²) in [7, 11) is 0. The number of allylic oxidation sites excluding steroid dienone is 2. The Bertz CT molecular complexity index is 1370. The highest BCUT2D eigenvalue weighted by atomic mass is 35.5. The van der Waals surface area contributed by atoms with Gasteiger partial charge in [0, 0.05) is 35.7 Å². The number of benzene rings is 3. The molecule has 1 aliphatic heterocycles. The molecule has 0 aromatic heterocycles. The number of rotatable bonds is 4. The van der Waals surface area contributed by atoms with E-state index in [0.717, 1.165) is 5.56 Å². The smallest absolute Gasteiger partial charge is 0.337 e. The van der Waals surface area contributed by atoms with Crippen molar-refractivity contribution in [3.63, 3.8) is 0 Å². The summed E-state index contributed by atoms with van der Waals surface area (Å²) in [4.78, 5) is 40.3. The highest BCUT2D eigenvalue weighted by molar-refractivity contribution is 6.33. The Morgan fingerprint density at radius 2 is 1.63 bits per heavy atom. The van der Waals surface area contributed by atoms with Crippen molar-refractivity contribution in [1.82, 2.24) is 0 Å². The van der Waals surface area contributed by atoms with E-state index in [1.807, 2.05) is 30.3 Å². The van der Waals surface area contributed by atoms with Crippen LogP contribution in [0.1, 0.15) is 52.6 Å². The summed E-state index contributed by atoms with van der Waals surface area (Å²) in [6.07, 6.45) is 0.736. The Kier molecular flexibility index (Phi) is 5.99. The molecule has 35 heavy (non-hydrogen) atoms. The monoisotopic (exact) mass is 489 g/mol. The summed E-state index contributed by atoms with van der Waals surface area (Å²) in [5, 5.41) is 9.61. The van der Waals surface area contributed by atoms with E-state index in [4.69, 9.17) is 11.6 Å². The number of aromatic carboxylic acids is 1. The number of ketones is 1. The molecule has 2 aliphatic rings. The molecule has 3 aromatic carbocycles. The number of carboxylic acid groups (broad SMARTS) is 1. The molecular formula is C28H21ClFNO4. The lowest BCUT2D eigenvalue weighted by Crippen LogP contribution is -2.41. The van der Waals surface area contributed by atoms with Gasteiger partial charge in [-0.1, -0.05) is 54.1 Å². The number of hydrogen-bond donors (Lipinski definition) is 1. The molecule has 2 unspecified atom stereocenters. The Morgan fingerprint density at radius 1 is 0.914 bits per heavy atom. The summed E-state index contributed by atoms with van der Waals surface area (Å²) in [6.45, 7) is 0. The van der Waals surface area contributed by atoms with Crippen molar-refractivity contribution in [3.8, 4) is 0 Å². The number of halogens is 2. The third kappa shape index (κ3) is 4.26. The second-order valence-corrected chi connectivity index (χ2v) is 9.21. The summed E-state index contributed by atoms with van der Waals surface area (Å²) >= 11 is 6.07. The molecule has 5 nitrogen and oxygen atoms in total. The largest absolute Gasteiger partial charge is 0.478 e. The zero-order chi connectivity index (χ0) is 24.7. The van der Waals surface area contributed by atoms with Crippen molar-refractivity contribution >= 4 is 34.9 Å². The van der Waals surface area contributed by atoms with Gasteiger partial charge in [-0.15, -0.1) is 0 Å². The number of carbonyl (C=O) groups is 3. The van der Waals surface area contributed by atoms with E-state index in [9.17, 15) is 23.9 Å². The van der Waals surface area contributed by atoms with Gasteiger partial charge in [0.1, 0.15) is 5.82 Å². The van der Waals surface area contributed by atoms with Crippen molar-refractivity contribution in [2.24, 2.45) is 0 Å². The molecule has 2 atom stereocenters. The quantitative estimate of drug-likeness (QED) is 0.480. The predicted molar refractivity (Wildman–Crippen MR) is 130 cm³/mol. The molecule has 0 spiro atoms. The van der Waals surface area contributed by atoms with Crippen LogP contribution in [0.5, 0.6) is 0 Å². The number of Topliss-reactive ketones (excluding diaryl/α,β-unsaturated/α-hetero) is 1. The molecule has 0 radical (unpaired) electrons. The number of amides is 1. The minimum atomic E-state index is -1.21. The number of nitrogens with zero attached hydrogens (tertiary/aromatic N) is 1. The van der Waals surface area contributed by atoms with Gasteiger partial charge in [0.15, 0.2) is 5.78 Å². The first-order valence-electron chi connectivity index (χ1n) is 11.3. The van der Waals surface area contributed by atoms with E-state index in [-0.39, 0.29) is 34.6 Å². The number of hydrogen-bond acceptors (Lipinski definition) is 3. The highest BCUT2D eigenvalue weighted by Gasteiger charge is 2.42. The molecule has 7 heteroatoms. The molecule has 1 heterocycles. The zero-order valence-electron chi connectivity index (χ0n) is 18.6. The molecule has 1 amide bonds. The lowest BCUT2D eigenvalue weighted by atomic mass is 9.72. The highest BCUT2D eigenvalue weighted by Crippen LogP contribution is 2.47. The number of anilines is 1. The zero-order valence-corrected chi connectivity index (χ0v) is 19.3. The minimum Gasteiger partial charge on any atom is -0.478 e. The third-order valence-electron chi connectivity index (χ3n) is 6.71. The van der Waals surface area contributed by atoms with Crippen LogP contribution < -0.4 is 4.90 Å². The molecule has 0 fully saturated rings. The predicted octanol–water partition coefficient (Wildman–Crippen LogP) is 6.10. The Balaban J connectivity index is 1.67. The maximum atomic E-state index is 13.6. The second kappa shape index (κ2) is 9.12. The van der Waals surface area contributed by atoms with Crippen molar-refractivity contribution in [3.05, 3.63) is 112 Å². The SMILES string of the molecule is O=C1CC(c2ccccc2)CC2=C1C(c1ccc(F)cc1)CC(=O)N2c1ccc(Cl)c(C(=O)O)c1. The van der Waals surface area contributed by atoms with Crippen molar-refractivity contribution < 1.29 is 23.9 Å². The van der Waals surface area contributed by atoms with Crippen LogP contribution in [0.3, 0.4) is 0 Å². The van der Waals surface area contributed by atoms with Crippen LogP contribution in [0.15, 0.2) is 84.1 Å². The van der Waals surface area contributed by atoms with Crippen molar-refractivity contribution in [1.29, 1.82) is 0 Å². The van der Waals surface area contributed by atoms with E-state index in [1.165, 1.54) is 29.2 Å². The second-order valence-electron chi connectivity index (χ2n) is 8.81. The summed E-state index contributed by atoms with van der Waals surface area (Å²) < 4.78 is 13.6. The van der Waals surface area contributed by atoms with Crippen molar-refractivity contribution in [2.45, 2.75) is 31.1 Å². The average Bonchev–Trinajstić information content (AvgIpc) is 2.85. The molecule has 1 N–H and O–H groups in total. The van der Waals surface area contributed by atoms with Gasteiger partial charge in [-0.2, -0.15) is 0 Å². The van der Waals surface area contributed by atoms with Crippen LogP contribution in [0.2, 0.25) is 5.02 Å². The van der Waals surface area contributed by atoms with E-state index in [2.05, 4.69) is 0 Å². The minimum absolute atomic E-state index is 0.0112. The fourth-order valence-electron chi connectivity index (χ4n) is 5.09. The van der Waals surface area contributed by atoms with Gasteiger partial charge < -0.3 is 5.11 Å². The summed E-state index contributed by atoms with van der Waals surface area (Å²) in [5.74, 6) is -2.56. The molecule has 176 valence electrons. The molecular weight excluding hydrogens is 469 g/mol. The number of carbonyl (C=O) groups excluding carboxylic acids is 2. The Hall–Kier alpha value is -3.77. The maximum Gasteiger partial charge on any atom is 0.337 e. The van der Waals surface area contributed by atoms with Gasteiger partial charge in [-0.25, -0.2) is 9.18 Å². The van der Waals surface area contributed by atoms with Crippen LogP contribution in [0.4, 0.5) is 10.1 Å². The lowest BCUT2D eigenvalue weighted by Gasteiger charge is -2.40. The summed E-state index contributed by atoms with van der Waals surface area (Å²) in [5.41, 5.74) is 2.99. The van der Waals surface area contributed by atoms with E-state index in [1.54, 1.807) is 18.2 Å². The fourth-order valence-corrected chi connectivity index (χ4v) is 5.29. The molecule has 3 aromatic rings. The van der Waals surface area contributed by atoms with E-state index in [0.29, 0.717) is 35.4 Å². The maximum absolute atomic E-state index is 13.6. The van der Waals surface area contributed by atoms with Crippen LogP contribution in [-0.4, -0.2) is 22.8 Å². The first-order valence-corrected chi connectivity index (χ1v) is 11.6. The molecule has 0 saturated carbocycles. The standard InChI is InChI=1S/C28H21ClFNO4/c29-23-11-10-20(14-22(23)28(34)35)31-24-12-18(16-4-2-1-3-5-16)13-25(32)27(24)21(15-26(31)33)17-6-8-19(30)9-7-17/h1-11,14,18,21H,12-13,15H2,(H,34,35). The average molecular weight is 490 g/mol. The van der Waals surface area contributed by atoms with Gasteiger partial charge in [-0.05, 0) is 53.8 Å². The third-order valence-corrected chi connectivity index (χ3v) is 7.04. The van der Waals surface area contributed by atoms with Gasteiger partial charge in [-0.3, -0.25) is 14.5 Å². The van der Waals surface area contributed by atoms with Crippen LogP contribution in [0.25, 0.3) is 0 Å². The van der Waals surface area contributed by atoms with Crippen molar-refractivity contribution in [2.75, 3.05) is 4.90 Å². The van der Waals surface area contributed by atoms with Gasteiger partial charge >= 0.3 is 5.97 Å². The Labute approximate surface area is 206 Å². The fraction of sp³-hybridized carbons (Fsp3) is 0.179. The first-order chi connectivity index (χ1) is 16.8. The topological polar surface area (TPSA) is 74.7 Å². The van der Waals surface area contributed by atoms with Crippen LogP contribution in [0, 0.1) is 5.82 Å². The molecule has 0 bridgehead atoms. The normalized spacial score (nSPS) is 20.1. The van der Waals surface area contributed by atoms with Crippen LogP contribution in [-0.2, 0) is 9.59 Å². The van der Waals surface area contributed by atoms with Crippen LogP contribution >= 0.6 is 11.6 Å². The van der Waals surface area contributed by atoms with Gasteiger partial charge in [0.05, 0.1) is 10.6 Å².